The number of piperidine rings is 1. The Morgan fingerprint density at radius 1 is 0.969 bits per heavy atom. The number of halogens is 1. The molecule has 1 aromatic heterocycles. The van der Waals surface area contributed by atoms with Gasteiger partial charge in [0.15, 0.2) is 5.82 Å². The Labute approximate surface area is 195 Å². The molecule has 6 nitrogen and oxygen atoms in total. The van der Waals surface area contributed by atoms with Crippen molar-refractivity contribution in [2.45, 2.75) is 57.5 Å². The highest BCUT2D eigenvalue weighted by atomic mass is 35.5. The van der Waals surface area contributed by atoms with Crippen LogP contribution in [0.25, 0.3) is 0 Å². The Hall–Kier alpha value is -2.52. The van der Waals surface area contributed by atoms with E-state index >= 15 is 0 Å². The van der Waals surface area contributed by atoms with Gasteiger partial charge < -0.3 is 14.5 Å². The van der Waals surface area contributed by atoms with E-state index in [1.807, 2.05) is 24.3 Å². The first kappa shape index (κ1) is 21.3. The first-order chi connectivity index (χ1) is 15.6. The van der Waals surface area contributed by atoms with Gasteiger partial charge >= 0.3 is 0 Å². The second-order valence-electron chi connectivity index (χ2n) is 9.54. The minimum Gasteiger partial charge on any atom is -0.473 e. The average molecular weight is 452 g/mol. The van der Waals surface area contributed by atoms with Crippen LogP contribution in [0.2, 0.25) is 5.02 Å². The molecule has 1 saturated carbocycles. The van der Waals surface area contributed by atoms with Gasteiger partial charge in [0.2, 0.25) is 5.88 Å². The van der Waals surface area contributed by atoms with Crippen molar-refractivity contribution in [2.24, 2.45) is 5.41 Å². The van der Waals surface area contributed by atoms with E-state index in [4.69, 9.17) is 21.6 Å². The van der Waals surface area contributed by atoms with Gasteiger partial charge in [0, 0.05) is 37.9 Å². The van der Waals surface area contributed by atoms with E-state index in [0.29, 0.717) is 28.0 Å². The van der Waals surface area contributed by atoms with Crippen LogP contribution in [0, 0.1) is 16.7 Å². The molecule has 3 aliphatic rings. The maximum absolute atomic E-state index is 9.11. The molecule has 2 saturated heterocycles. The fourth-order valence-corrected chi connectivity index (χ4v) is 5.68. The van der Waals surface area contributed by atoms with Crippen molar-refractivity contribution < 1.29 is 4.74 Å². The van der Waals surface area contributed by atoms with Crippen LogP contribution < -0.4 is 14.5 Å². The van der Waals surface area contributed by atoms with E-state index in [2.05, 4.69) is 32.1 Å². The predicted molar refractivity (Wildman–Crippen MR) is 126 cm³/mol. The summed E-state index contributed by atoms with van der Waals surface area (Å²) in [5, 5.41) is 18.5. The van der Waals surface area contributed by atoms with Crippen molar-refractivity contribution in [3.63, 3.8) is 0 Å². The molecule has 0 amide bonds. The third-order valence-electron chi connectivity index (χ3n) is 7.49. The van der Waals surface area contributed by atoms with Crippen molar-refractivity contribution >= 4 is 23.1 Å². The Morgan fingerprint density at radius 2 is 1.72 bits per heavy atom. The number of hydrogen-bond acceptors (Lipinski definition) is 6. The van der Waals surface area contributed by atoms with Crippen LogP contribution in [0.15, 0.2) is 30.3 Å². The van der Waals surface area contributed by atoms with E-state index in [1.165, 1.54) is 25.7 Å². The number of aromatic nitrogens is 2. The smallest absolute Gasteiger partial charge is 0.233 e. The van der Waals surface area contributed by atoms with Gasteiger partial charge in [-0.05, 0) is 74.6 Å². The van der Waals surface area contributed by atoms with E-state index in [9.17, 15) is 0 Å². The predicted octanol–water partition coefficient (Wildman–Crippen LogP) is 5.21. The summed E-state index contributed by atoms with van der Waals surface area (Å²) in [5.41, 5.74) is 2.00. The molecule has 0 N–H and O–H groups in total. The summed E-state index contributed by atoms with van der Waals surface area (Å²) in [5.74, 6) is 1.60. The average Bonchev–Trinajstić information content (AvgIpc) is 3.24. The molecule has 32 heavy (non-hydrogen) atoms. The highest BCUT2D eigenvalue weighted by Crippen LogP contribution is 2.43. The Morgan fingerprint density at radius 3 is 2.38 bits per heavy atom. The summed E-state index contributed by atoms with van der Waals surface area (Å²) < 4.78 is 6.03. The number of anilines is 2. The molecule has 2 aromatic rings. The fraction of sp³-hybridized carbons (Fsp3) is 0.560. The fourth-order valence-electron chi connectivity index (χ4n) is 5.46. The van der Waals surface area contributed by atoms with Crippen LogP contribution in [-0.4, -0.2) is 42.5 Å². The van der Waals surface area contributed by atoms with Crippen LogP contribution in [0.3, 0.4) is 0 Å². The van der Waals surface area contributed by atoms with Gasteiger partial charge in [-0.2, -0.15) is 5.26 Å². The molecule has 1 aliphatic carbocycles. The lowest BCUT2D eigenvalue weighted by atomic mass is 9.78. The van der Waals surface area contributed by atoms with Crippen molar-refractivity contribution in [3.05, 3.63) is 40.9 Å². The zero-order valence-electron chi connectivity index (χ0n) is 18.5. The zero-order chi connectivity index (χ0) is 22.0. The first-order valence-electron chi connectivity index (χ1n) is 11.8. The Bertz CT molecular complexity index is 975. The summed E-state index contributed by atoms with van der Waals surface area (Å²) in [6.07, 6.45) is 9.87. The van der Waals surface area contributed by atoms with Crippen molar-refractivity contribution in [2.75, 3.05) is 36.0 Å². The largest absolute Gasteiger partial charge is 0.473 e. The van der Waals surface area contributed by atoms with E-state index in [0.717, 1.165) is 63.4 Å². The first-order valence-corrected chi connectivity index (χ1v) is 12.2. The van der Waals surface area contributed by atoms with Gasteiger partial charge in [0.05, 0.1) is 10.6 Å². The molecule has 2 aliphatic heterocycles. The lowest BCUT2D eigenvalue weighted by Gasteiger charge is -2.39. The number of benzene rings is 1. The molecule has 168 valence electrons. The van der Waals surface area contributed by atoms with Crippen molar-refractivity contribution in [1.82, 2.24) is 10.2 Å². The molecular formula is C25H30ClN5O. The minimum atomic E-state index is 0.301. The summed E-state index contributed by atoms with van der Waals surface area (Å²) >= 11 is 6.26. The summed E-state index contributed by atoms with van der Waals surface area (Å²) in [4.78, 5) is 4.77. The van der Waals surface area contributed by atoms with Gasteiger partial charge in [-0.1, -0.05) is 18.0 Å². The highest BCUT2D eigenvalue weighted by Gasteiger charge is 2.41. The van der Waals surface area contributed by atoms with E-state index in [1.54, 1.807) is 0 Å². The maximum atomic E-state index is 9.11. The van der Waals surface area contributed by atoms with E-state index < -0.39 is 0 Å². The maximum Gasteiger partial charge on any atom is 0.233 e. The van der Waals surface area contributed by atoms with Crippen LogP contribution in [0.4, 0.5) is 11.5 Å². The molecule has 1 aromatic carbocycles. The molecule has 0 radical (unpaired) electrons. The molecule has 3 heterocycles. The SMILES string of the molecule is N#Cc1ccc(N2CCC3(CCN(c4ccc(OC5CCCCC5)nn4)CC3)C2)cc1Cl. The van der Waals surface area contributed by atoms with Gasteiger partial charge in [0.25, 0.3) is 0 Å². The lowest BCUT2D eigenvalue weighted by Crippen LogP contribution is -2.42. The quantitative estimate of drug-likeness (QED) is 0.635. The molecule has 3 fully saturated rings. The normalized spacial score (nSPS) is 21.0. The minimum absolute atomic E-state index is 0.301. The third-order valence-corrected chi connectivity index (χ3v) is 7.80. The Balaban J connectivity index is 1.16. The van der Waals surface area contributed by atoms with Crippen molar-refractivity contribution in [3.8, 4) is 11.9 Å². The summed E-state index contributed by atoms with van der Waals surface area (Å²) in [7, 11) is 0. The number of rotatable bonds is 4. The summed E-state index contributed by atoms with van der Waals surface area (Å²) in [6.45, 7) is 4.08. The van der Waals surface area contributed by atoms with Gasteiger partial charge in [0.1, 0.15) is 12.2 Å². The zero-order valence-corrected chi connectivity index (χ0v) is 19.2. The van der Waals surface area contributed by atoms with Gasteiger partial charge in [-0.25, -0.2) is 0 Å². The van der Waals surface area contributed by atoms with Gasteiger partial charge in [-0.15, -0.1) is 10.2 Å². The van der Waals surface area contributed by atoms with Crippen LogP contribution in [-0.2, 0) is 0 Å². The standard InChI is InChI=1S/C25H30ClN5O/c26-22-16-20(7-6-19(22)17-27)31-15-12-25(18-31)10-13-30(14-11-25)23-8-9-24(29-28-23)32-21-4-2-1-3-5-21/h6-9,16,21H,1-5,10-15,18H2. The number of hydrogen-bond donors (Lipinski definition) is 0. The number of nitriles is 1. The van der Waals surface area contributed by atoms with Crippen molar-refractivity contribution in [1.29, 1.82) is 5.26 Å². The molecule has 5 rings (SSSR count). The topological polar surface area (TPSA) is 65.3 Å². The Kier molecular flexibility index (Phi) is 6.10. The molecule has 7 heteroatoms. The van der Waals surface area contributed by atoms with Crippen LogP contribution in [0.5, 0.6) is 5.88 Å². The molecule has 0 atom stereocenters. The molecular weight excluding hydrogens is 422 g/mol. The van der Waals surface area contributed by atoms with Gasteiger partial charge in [-0.3, -0.25) is 0 Å². The number of nitrogens with zero attached hydrogens (tertiary/aromatic N) is 5. The number of ether oxygens (including phenoxy) is 1. The van der Waals surface area contributed by atoms with E-state index in [-0.39, 0.29) is 0 Å². The van der Waals surface area contributed by atoms with Crippen LogP contribution in [0.1, 0.15) is 56.9 Å². The molecule has 0 bridgehead atoms. The molecule has 1 spiro atoms. The summed E-state index contributed by atoms with van der Waals surface area (Å²) in [6, 6.07) is 12.0. The lowest BCUT2D eigenvalue weighted by molar-refractivity contribution is 0.147. The second kappa shape index (κ2) is 9.15. The van der Waals surface area contributed by atoms with Crippen LogP contribution >= 0.6 is 11.6 Å². The third kappa shape index (κ3) is 4.49. The highest BCUT2D eigenvalue weighted by molar-refractivity contribution is 6.32. The molecule has 0 unspecified atom stereocenters. The second-order valence-corrected chi connectivity index (χ2v) is 9.95. The monoisotopic (exact) mass is 451 g/mol.